The van der Waals surface area contributed by atoms with Gasteiger partial charge in [0.25, 0.3) is 0 Å². The second-order valence-electron chi connectivity index (χ2n) is 7.19. The van der Waals surface area contributed by atoms with Gasteiger partial charge >= 0.3 is 0 Å². The van der Waals surface area contributed by atoms with Crippen LogP contribution < -0.4 is 16.4 Å². The molecule has 0 aliphatic carbocycles. The highest BCUT2D eigenvalue weighted by Crippen LogP contribution is 2.27. The molecule has 0 spiro atoms. The van der Waals surface area contributed by atoms with Gasteiger partial charge in [0.05, 0.1) is 11.4 Å². The van der Waals surface area contributed by atoms with E-state index in [0.29, 0.717) is 24.2 Å². The lowest BCUT2D eigenvalue weighted by molar-refractivity contribution is -0.116. The molecule has 0 heterocycles. The summed E-state index contributed by atoms with van der Waals surface area (Å²) in [5.41, 5.74) is 10.1. The average molecular weight is 402 g/mol. The van der Waals surface area contributed by atoms with Crippen LogP contribution >= 0.6 is 0 Å². The molecular formula is C25H27N3O2. The van der Waals surface area contributed by atoms with E-state index < -0.39 is 0 Å². The third-order valence-electron chi connectivity index (χ3n) is 4.80. The summed E-state index contributed by atoms with van der Waals surface area (Å²) >= 11 is 0. The van der Waals surface area contributed by atoms with Crippen LogP contribution in [-0.4, -0.2) is 11.8 Å². The lowest BCUT2D eigenvalue weighted by Crippen LogP contribution is -2.13. The first-order valence-corrected chi connectivity index (χ1v) is 10.2. The molecule has 5 heteroatoms. The van der Waals surface area contributed by atoms with Crippen molar-refractivity contribution in [2.45, 2.75) is 32.1 Å². The minimum absolute atomic E-state index is 0.00356. The van der Waals surface area contributed by atoms with Gasteiger partial charge in [0.1, 0.15) is 0 Å². The maximum Gasteiger partial charge on any atom is 0.224 e. The summed E-state index contributed by atoms with van der Waals surface area (Å²) in [4.78, 5) is 24.2. The number of anilines is 3. The number of nitrogens with two attached hydrogens (primary N) is 1. The fourth-order valence-corrected chi connectivity index (χ4v) is 3.18. The van der Waals surface area contributed by atoms with E-state index in [-0.39, 0.29) is 11.8 Å². The number of rotatable bonds is 9. The molecule has 30 heavy (non-hydrogen) atoms. The van der Waals surface area contributed by atoms with Crippen LogP contribution in [0.25, 0.3) is 11.1 Å². The van der Waals surface area contributed by atoms with Crippen molar-refractivity contribution in [3.63, 3.8) is 0 Å². The van der Waals surface area contributed by atoms with E-state index in [2.05, 4.69) is 10.6 Å². The largest absolute Gasteiger partial charge is 0.397 e. The highest BCUT2D eigenvalue weighted by Gasteiger charge is 2.08. The Bertz CT molecular complexity index is 972. The molecule has 5 nitrogen and oxygen atoms in total. The summed E-state index contributed by atoms with van der Waals surface area (Å²) in [7, 11) is 0. The number of carbonyl (C=O) groups is 2. The van der Waals surface area contributed by atoms with Crippen molar-refractivity contribution >= 4 is 28.9 Å². The Morgan fingerprint density at radius 2 is 1.27 bits per heavy atom. The van der Waals surface area contributed by atoms with Gasteiger partial charge in [0.15, 0.2) is 0 Å². The highest BCUT2D eigenvalue weighted by molar-refractivity contribution is 5.95. The molecule has 0 aromatic heterocycles. The van der Waals surface area contributed by atoms with Crippen molar-refractivity contribution in [3.05, 3.63) is 78.9 Å². The molecule has 0 saturated heterocycles. The molecule has 154 valence electrons. The lowest BCUT2D eigenvalue weighted by atomic mass is 10.0. The summed E-state index contributed by atoms with van der Waals surface area (Å²) in [6, 6.07) is 25.0. The molecule has 2 amide bonds. The number of para-hydroxylation sites is 1. The second kappa shape index (κ2) is 10.8. The molecule has 0 fully saturated rings. The monoisotopic (exact) mass is 401 g/mol. The highest BCUT2D eigenvalue weighted by atomic mass is 16.2. The first-order valence-electron chi connectivity index (χ1n) is 10.2. The van der Waals surface area contributed by atoms with Crippen LogP contribution in [-0.2, 0) is 9.59 Å². The minimum Gasteiger partial charge on any atom is -0.397 e. The van der Waals surface area contributed by atoms with Crippen LogP contribution in [0, 0.1) is 0 Å². The molecule has 0 bridgehead atoms. The quantitative estimate of drug-likeness (QED) is 0.329. The summed E-state index contributed by atoms with van der Waals surface area (Å²) in [6.45, 7) is 0. The molecule has 4 N–H and O–H groups in total. The van der Waals surface area contributed by atoms with Crippen molar-refractivity contribution < 1.29 is 9.59 Å². The topological polar surface area (TPSA) is 84.2 Å². The van der Waals surface area contributed by atoms with Gasteiger partial charge in [0.2, 0.25) is 11.8 Å². The van der Waals surface area contributed by atoms with Gasteiger partial charge in [-0.3, -0.25) is 9.59 Å². The van der Waals surface area contributed by atoms with Crippen molar-refractivity contribution in [1.82, 2.24) is 0 Å². The molecule has 3 aromatic rings. The standard InChI is InChI=1S/C25H27N3O2/c26-22-17-16-20(19-10-4-1-5-11-19)18-23(22)28-25(30)15-9-3-8-14-24(29)27-21-12-6-2-7-13-21/h1-2,4-7,10-13,16-18H,3,8-9,14-15,26H2,(H,27,29)(H,28,30). The summed E-state index contributed by atoms with van der Waals surface area (Å²) in [5.74, 6) is -0.0724. The predicted molar refractivity (Wildman–Crippen MR) is 123 cm³/mol. The first kappa shape index (κ1) is 21.1. The van der Waals surface area contributed by atoms with Crippen LogP contribution in [0.1, 0.15) is 32.1 Å². The Kier molecular flexibility index (Phi) is 7.61. The lowest BCUT2D eigenvalue weighted by Gasteiger charge is -2.11. The number of nitrogen functional groups attached to an aromatic ring is 1. The number of hydrogen-bond donors (Lipinski definition) is 3. The van der Waals surface area contributed by atoms with E-state index in [1.165, 1.54) is 0 Å². The van der Waals surface area contributed by atoms with E-state index >= 15 is 0 Å². The minimum atomic E-state index is -0.0688. The van der Waals surface area contributed by atoms with E-state index in [9.17, 15) is 9.59 Å². The van der Waals surface area contributed by atoms with E-state index in [1.54, 1.807) is 0 Å². The normalized spacial score (nSPS) is 10.4. The van der Waals surface area contributed by atoms with Gasteiger partial charge in [-0.15, -0.1) is 0 Å². The van der Waals surface area contributed by atoms with Gasteiger partial charge in [-0.25, -0.2) is 0 Å². The Morgan fingerprint density at radius 1 is 0.667 bits per heavy atom. The molecular weight excluding hydrogens is 374 g/mol. The Balaban J connectivity index is 1.40. The molecule has 0 aliphatic heterocycles. The predicted octanol–water partition coefficient (Wildman–Crippen LogP) is 5.46. The smallest absolute Gasteiger partial charge is 0.224 e. The number of unbranched alkanes of at least 4 members (excludes halogenated alkanes) is 2. The maximum absolute atomic E-state index is 12.3. The Morgan fingerprint density at radius 3 is 1.93 bits per heavy atom. The Labute approximate surface area is 177 Å². The zero-order valence-electron chi connectivity index (χ0n) is 16.9. The number of amides is 2. The zero-order chi connectivity index (χ0) is 21.2. The second-order valence-corrected chi connectivity index (χ2v) is 7.19. The average Bonchev–Trinajstić information content (AvgIpc) is 2.76. The fraction of sp³-hybridized carbons (Fsp3) is 0.200. The number of nitrogens with one attached hydrogen (secondary N) is 2. The molecule has 3 aromatic carbocycles. The van der Waals surface area contributed by atoms with Crippen LogP contribution in [0.3, 0.4) is 0 Å². The molecule has 0 unspecified atom stereocenters. The van der Waals surface area contributed by atoms with Gasteiger partial charge in [-0.2, -0.15) is 0 Å². The third kappa shape index (κ3) is 6.48. The molecule has 0 aliphatic rings. The summed E-state index contributed by atoms with van der Waals surface area (Å²) in [6.07, 6.45) is 3.13. The SMILES string of the molecule is Nc1ccc(-c2ccccc2)cc1NC(=O)CCCCCC(=O)Nc1ccccc1. The number of hydrogen-bond acceptors (Lipinski definition) is 3. The number of benzene rings is 3. The van der Waals surface area contributed by atoms with Crippen molar-refractivity contribution in [3.8, 4) is 11.1 Å². The van der Waals surface area contributed by atoms with Gasteiger partial charge < -0.3 is 16.4 Å². The number of carbonyl (C=O) groups excluding carboxylic acids is 2. The van der Waals surface area contributed by atoms with Crippen molar-refractivity contribution in [2.24, 2.45) is 0 Å². The third-order valence-corrected chi connectivity index (χ3v) is 4.80. The van der Waals surface area contributed by atoms with Gasteiger partial charge in [0, 0.05) is 18.5 Å². The fourth-order valence-electron chi connectivity index (χ4n) is 3.18. The zero-order valence-corrected chi connectivity index (χ0v) is 16.9. The summed E-state index contributed by atoms with van der Waals surface area (Å²) in [5, 5.41) is 5.78. The van der Waals surface area contributed by atoms with E-state index in [4.69, 9.17) is 5.73 Å². The van der Waals surface area contributed by atoms with Crippen LogP contribution in [0.5, 0.6) is 0 Å². The van der Waals surface area contributed by atoms with Crippen molar-refractivity contribution in [2.75, 3.05) is 16.4 Å². The van der Waals surface area contributed by atoms with Crippen molar-refractivity contribution in [1.29, 1.82) is 0 Å². The van der Waals surface area contributed by atoms with E-state index in [1.807, 2.05) is 78.9 Å². The van der Waals surface area contributed by atoms with Crippen LogP contribution in [0.15, 0.2) is 78.9 Å². The Hall–Kier alpha value is -3.60. The molecule has 0 saturated carbocycles. The van der Waals surface area contributed by atoms with Gasteiger partial charge in [-0.05, 0) is 48.2 Å². The molecule has 3 rings (SSSR count). The maximum atomic E-state index is 12.3. The molecule has 0 atom stereocenters. The van der Waals surface area contributed by atoms with E-state index in [0.717, 1.165) is 36.1 Å². The van der Waals surface area contributed by atoms with Crippen LogP contribution in [0.2, 0.25) is 0 Å². The first-order chi connectivity index (χ1) is 14.6. The van der Waals surface area contributed by atoms with Gasteiger partial charge in [-0.1, -0.05) is 61.0 Å². The van der Waals surface area contributed by atoms with Crippen LogP contribution in [0.4, 0.5) is 17.1 Å². The molecule has 0 radical (unpaired) electrons. The summed E-state index contributed by atoms with van der Waals surface area (Å²) < 4.78 is 0.